The zero-order chi connectivity index (χ0) is 24.1. The van der Waals surface area contributed by atoms with Crippen molar-refractivity contribution in [2.24, 2.45) is 13.0 Å². The van der Waals surface area contributed by atoms with Crippen LogP contribution < -0.4 is 11.1 Å². The monoisotopic (exact) mass is 457 g/mol. The maximum atomic E-state index is 12.8. The Bertz CT molecular complexity index is 1480. The molecule has 0 saturated heterocycles. The van der Waals surface area contributed by atoms with Gasteiger partial charge in [-0.05, 0) is 60.4 Å². The molecular weight excluding hydrogens is 434 g/mol. The molecule has 10 heteroatoms. The van der Waals surface area contributed by atoms with Crippen molar-refractivity contribution in [3.05, 3.63) is 59.3 Å². The molecule has 0 aliphatic heterocycles. The van der Waals surface area contributed by atoms with Gasteiger partial charge < -0.3 is 16.2 Å². The van der Waals surface area contributed by atoms with Gasteiger partial charge in [0.15, 0.2) is 5.69 Å². The normalized spacial score (nSPS) is 17.0. The van der Waals surface area contributed by atoms with E-state index in [-0.39, 0.29) is 29.3 Å². The Morgan fingerprint density at radius 1 is 1.15 bits per heavy atom. The van der Waals surface area contributed by atoms with E-state index in [1.807, 2.05) is 26.2 Å². The number of carboxylic acids is 1. The van der Waals surface area contributed by atoms with Crippen LogP contribution in [-0.4, -0.2) is 41.7 Å². The number of fused-ring (bicyclic) bond motifs is 1. The number of pyridine rings is 3. The first-order valence-electron chi connectivity index (χ1n) is 10.8. The summed E-state index contributed by atoms with van der Waals surface area (Å²) in [6.07, 6.45) is 7.60. The minimum Gasteiger partial charge on any atom is -0.477 e. The summed E-state index contributed by atoms with van der Waals surface area (Å²) in [5.74, 6) is -0.375. The number of anilines is 2. The van der Waals surface area contributed by atoms with E-state index in [9.17, 15) is 14.7 Å². The van der Waals surface area contributed by atoms with E-state index in [1.165, 1.54) is 6.20 Å². The molecule has 0 unspecified atom stereocenters. The molecule has 1 aliphatic carbocycles. The van der Waals surface area contributed by atoms with Gasteiger partial charge in [-0.1, -0.05) is 0 Å². The van der Waals surface area contributed by atoms with Crippen molar-refractivity contribution in [2.75, 3.05) is 11.1 Å². The summed E-state index contributed by atoms with van der Waals surface area (Å²) in [5, 5.41) is 17.8. The number of carboxylic acid groups (broad SMARTS) is 1. The third-order valence-corrected chi connectivity index (χ3v) is 6.40. The summed E-state index contributed by atoms with van der Waals surface area (Å²) in [5.41, 5.74) is 9.85. The van der Waals surface area contributed by atoms with E-state index >= 15 is 0 Å². The van der Waals surface area contributed by atoms with Crippen LogP contribution in [0.3, 0.4) is 0 Å². The van der Waals surface area contributed by atoms with Crippen molar-refractivity contribution in [3.63, 3.8) is 0 Å². The fourth-order valence-electron chi connectivity index (χ4n) is 4.26. The number of nitrogens with zero attached hydrogens (tertiary/aromatic N) is 5. The summed E-state index contributed by atoms with van der Waals surface area (Å²) >= 11 is 0. The van der Waals surface area contributed by atoms with E-state index < -0.39 is 5.97 Å². The van der Waals surface area contributed by atoms with Gasteiger partial charge >= 0.3 is 5.97 Å². The summed E-state index contributed by atoms with van der Waals surface area (Å²) in [6, 6.07) is 3.60. The van der Waals surface area contributed by atoms with Crippen LogP contribution in [-0.2, 0) is 11.8 Å². The van der Waals surface area contributed by atoms with Gasteiger partial charge in [-0.15, -0.1) is 0 Å². The molecule has 0 spiro atoms. The molecule has 34 heavy (non-hydrogen) atoms. The Labute approximate surface area is 194 Å². The molecule has 0 bridgehead atoms. The largest absolute Gasteiger partial charge is 0.477 e. The fraction of sp³-hybridized carbons (Fsp3) is 0.250. The number of carbonyl (C=O) groups is 2. The Balaban J connectivity index is 1.43. The van der Waals surface area contributed by atoms with Crippen LogP contribution in [0.4, 0.5) is 11.6 Å². The highest BCUT2D eigenvalue weighted by atomic mass is 16.4. The Morgan fingerprint density at radius 2 is 1.94 bits per heavy atom. The third kappa shape index (κ3) is 3.72. The van der Waals surface area contributed by atoms with E-state index in [1.54, 1.807) is 30.1 Å². The maximum Gasteiger partial charge on any atom is 0.354 e. The van der Waals surface area contributed by atoms with Crippen molar-refractivity contribution >= 4 is 34.3 Å². The Kier molecular flexibility index (Phi) is 5.00. The summed E-state index contributed by atoms with van der Waals surface area (Å²) in [4.78, 5) is 37.0. The molecule has 10 nitrogen and oxygen atoms in total. The maximum absolute atomic E-state index is 12.8. The molecule has 0 radical (unpaired) electrons. The quantitative estimate of drug-likeness (QED) is 0.414. The second-order valence-electron chi connectivity index (χ2n) is 8.64. The average molecular weight is 457 g/mol. The average Bonchev–Trinajstić information content (AvgIpc) is 3.48. The lowest BCUT2D eigenvalue weighted by molar-refractivity contribution is -0.117. The van der Waals surface area contributed by atoms with Gasteiger partial charge in [-0.3, -0.25) is 9.48 Å². The first-order chi connectivity index (χ1) is 16.2. The number of aromatic carboxylic acids is 1. The molecule has 1 amide bonds. The van der Waals surface area contributed by atoms with Crippen LogP contribution in [0.5, 0.6) is 0 Å². The van der Waals surface area contributed by atoms with Crippen LogP contribution in [0, 0.1) is 19.8 Å². The smallest absolute Gasteiger partial charge is 0.354 e. The summed E-state index contributed by atoms with van der Waals surface area (Å²) < 4.78 is 1.73. The van der Waals surface area contributed by atoms with Gasteiger partial charge in [-0.25, -0.2) is 19.7 Å². The van der Waals surface area contributed by atoms with Crippen molar-refractivity contribution in [1.82, 2.24) is 24.7 Å². The standard InChI is InChI=1S/C24H23N7O3/c1-11-12(2)21(24(33)34)27-8-17(11)19-4-13-5-20(26-9-18(13)22(25)29-19)30-23(32)16-6-15(16)14-7-28-31(3)10-14/h4-5,7-10,15-16H,6H2,1-3H3,(H2,25,29)(H,33,34)(H,26,30,32)/t15-,16+/m1/s1. The highest BCUT2D eigenvalue weighted by molar-refractivity contribution is 5.99. The second-order valence-corrected chi connectivity index (χ2v) is 8.64. The number of amides is 1. The summed E-state index contributed by atoms with van der Waals surface area (Å²) in [6.45, 7) is 3.54. The van der Waals surface area contributed by atoms with E-state index in [2.05, 4.69) is 25.4 Å². The number of carbonyl (C=O) groups excluding carboxylic acids is 1. The molecule has 4 N–H and O–H groups in total. The van der Waals surface area contributed by atoms with Crippen molar-refractivity contribution < 1.29 is 14.7 Å². The van der Waals surface area contributed by atoms with Crippen molar-refractivity contribution in [1.29, 1.82) is 0 Å². The highest BCUT2D eigenvalue weighted by Gasteiger charge is 2.44. The molecule has 5 rings (SSSR count). The predicted octanol–water partition coefficient (Wildman–Crippen LogP) is 3.06. The highest BCUT2D eigenvalue weighted by Crippen LogP contribution is 2.47. The molecule has 0 aromatic carbocycles. The number of hydrogen-bond donors (Lipinski definition) is 3. The minimum absolute atomic E-state index is 0.00822. The van der Waals surface area contributed by atoms with Gasteiger partial charge in [0, 0.05) is 42.5 Å². The zero-order valence-electron chi connectivity index (χ0n) is 18.9. The summed E-state index contributed by atoms with van der Waals surface area (Å²) in [7, 11) is 1.86. The lowest BCUT2D eigenvalue weighted by atomic mass is 10.00. The van der Waals surface area contributed by atoms with Crippen LogP contribution in [0.1, 0.15) is 39.5 Å². The third-order valence-electron chi connectivity index (χ3n) is 6.40. The number of nitrogens with one attached hydrogen (secondary N) is 1. The van der Waals surface area contributed by atoms with Crippen LogP contribution in [0.25, 0.3) is 22.0 Å². The first-order valence-corrected chi connectivity index (χ1v) is 10.8. The van der Waals surface area contributed by atoms with Crippen LogP contribution >= 0.6 is 0 Å². The number of rotatable bonds is 5. The lowest BCUT2D eigenvalue weighted by Crippen LogP contribution is -2.15. The fourth-order valence-corrected chi connectivity index (χ4v) is 4.26. The van der Waals surface area contributed by atoms with Crippen molar-refractivity contribution in [2.45, 2.75) is 26.2 Å². The molecular formula is C24H23N7O3. The SMILES string of the molecule is Cc1c(-c2cc3cc(NC(=O)[C@H]4C[C@@H]4c4cnn(C)c4)ncc3c(N)n2)cnc(C(=O)O)c1C. The number of nitrogens with two attached hydrogens (primary N) is 1. The molecule has 4 heterocycles. The first kappa shape index (κ1) is 21.5. The molecule has 1 aliphatic rings. The van der Waals surface area contributed by atoms with Crippen molar-refractivity contribution in [3.8, 4) is 11.3 Å². The second kappa shape index (κ2) is 7.91. The Hall–Kier alpha value is -4.34. The number of aryl methyl sites for hydroxylation is 1. The van der Waals surface area contributed by atoms with Crippen LogP contribution in [0.2, 0.25) is 0 Å². The molecule has 172 valence electrons. The molecule has 1 fully saturated rings. The van der Waals surface area contributed by atoms with Gasteiger partial charge in [0.1, 0.15) is 11.6 Å². The lowest BCUT2D eigenvalue weighted by Gasteiger charge is -2.12. The molecule has 1 saturated carbocycles. The van der Waals surface area contributed by atoms with Gasteiger partial charge in [0.05, 0.1) is 11.9 Å². The Morgan fingerprint density at radius 3 is 2.65 bits per heavy atom. The predicted molar refractivity (Wildman–Crippen MR) is 126 cm³/mol. The van der Waals surface area contributed by atoms with E-state index in [0.29, 0.717) is 28.0 Å². The van der Waals surface area contributed by atoms with E-state index in [4.69, 9.17) is 5.73 Å². The van der Waals surface area contributed by atoms with Gasteiger partial charge in [-0.2, -0.15) is 5.10 Å². The van der Waals surface area contributed by atoms with E-state index in [0.717, 1.165) is 22.9 Å². The minimum atomic E-state index is -1.08. The number of nitrogen functional groups attached to an aromatic ring is 1. The molecule has 4 aromatic heterocycles. The van der Waals surface area contributed by atoms with Gasteiger partial charge in [0.2, 0.25) is 5.91 Å². The number of aromatic nitrogens is 5. The zero-order valence-corrected chi connectivity index (χ0v) is 18.9. The molecule has 4 aromatic rings. The van der Waals surface area contributed by atoms with Crippen LogP contribution in [0.15, 0.2) is 36.9 Å². The topological polar surface area (TPSA) is 149 Å². The van der Waals surface area contributed by atoms with Gasteiger partial charge in [0.25, 0.3) is 0 Å². The number of hydrogen-bond acceptors (Lipinski definition) is 7. The molecule has 2 atom stereocenters.